The zero-order valence-corrected chi connectivity index (χ0v) is 15.8. The fourth-order valence-electron chi connectivity index (χ4n) is 3.31. The molecule has 1 aromatic carbocycles. The molecule has 5 nitrogen and oxygen atoms in total. The molecule has 1 aromatic heterocycles. The number of amides is 1. The third kappa shape index (κ3) is 4.63. The van der Waals surface area contributed by atoms with Gasteiger partial charge in [-0.2, -0.15) is 0 Å². The smallest absolute Gasteiger partial charge is 0.230 e. The number of nitrogens with one attached hydrogen (secondary N) is 1. The predicted molar refractivity (Wildman–Crippen MR) is 101 cm³/mol. The van der Waals surface area contributed by atoms with Crippen molar-refractivity contribution in [1.29, 1.82) is 0 Å². The molecule has 1 aliphatic carbocycles. The first-order chi connectivity index (χ1) is 12.1. The standard InChI is InChI=1S/C19H26N4OS/c1-14(2)20-17(24)13-25-19-22-21-18(15-9-5-3-6-10-15)23(19)16-11-7-4-8-12-16/h4,7-8,11-12,14-15H,3,5-6,9-10,13H2,1-2H3,(H,20,24). The van der Waals surface area contributed by atoms with Crippen molar-refractivity contribution in [2.24, 2.45) is 0 Å². The molecule has 1 fully saturated rings. The molecule has 6 heteroatoms. The molecule has 1 amide bonds. The lowest BCUT2D eigenvalue weighted by atomic mass is 9.88. The fraction of sp³-hybridized carbons (Fsp3) is 0.526. The Morgan fingerprint density at radius 2 is 1.92 bits per heavy atom. The second kappa shape index (κ2) is 8.52. The molecule has 1 aliphatic rings. The molecule has 0 unspecified atom stereocenters. The number of carbonyl (C=O) groups excluding carboxylic acids is 1. The molecular weight excluding hydrogens is 332 g/mol. The van der Waals surface area contributed by atoms with E-state index in [1.165, 1.54) is 43.9 Å². The maximum atomic E-state index is 12.0. The Kier molecular flexibility index (Phi) is 6.13. The Morgan fingerprint density at radius 3 is 2.60 bits per heavy atom. The van der Waals surface area contributed by atoms with Gasteiger partial charge in [0.05, 0.1) is 5.75 Å². The van der Waals surface area contributed by atoms with Gasteiger partial charge in [-0.25, -0.2) is 0 Å². The van der Waals surface area contributed by atoms with Crippen molar-refractivity contribution in [3.63, 3.8) is 0 Å². The molecule has 25 heavy (non-hydrogen) atoms. The lowest BCUT2D eigenvalue weighted by Crippen LogP contribution is -2.31. The summed E-state index contributed by atoms with van der Waals surface area (Å²) in [6, 6.07) is 10.4. The summed E-state index contributed by atoms with van der Waals surface area (Å²) in [6.07, 6.45) is 6.16. The molecule has 1 N–H and O–H groups in total. The zero-order chi connectivity index (χ0) is 17.6. The molecule has 134 valence electrons. The van der Waals surface area contributed by atoms with Crippen LogP contribution in [0.25, 0.3) is 5.69 Å². The number of aromatic nitrogens is 3. The molecular formula is C19H26N4OS. The van der Waals surface area contributed by atoms with E-state index in [0.29, 0.717) is 11.7 Å². The Morgan fingerprint density at radius 1 is 1.20 bits per heavy atom. The number of hydrogen-bond acceptors (Lipinski definition) is 4. The van der Waals surface area contributed by atoms with Gasteiger partial charge < -0.3 is 5.32 Å². The second-order valence-electron chi connectivity index (χ2n) is 6.86. The summed E-state index contributed by atoms with van der Waals surface area (Å²) in [6.45, 7) is 3.94. The van der Waals surface area contributed by atoms with E-state index in [-0.39, 0.29) is 11.9 Å². The van der Waals surface area contributed by atoms with Crippen molar-refractivity contribution in [1.82, 2.24) is 20.1 Å². The van der Waals surface area contributed by atoms with Crippen molar-refractivity contribution in [3.05, 3.63) is 36.2 Å². The van der Waals surface area contributed by atoms with E-state index < -0.39 is 0 Å². The third-order valence-electron chi connectivity index (χ3n) is 4.43. The quantitative estimate of drug-likeness (QED) is 0.795. The van der Waals surface area contributed by atoms with E-state index in [0.717, 1.165) is 16.7 Å². The first-order valence-electron chi connectivity index (χ1n) is 9.08. The molecule has 1 heterocycles. The summed E-state index contributed by atoms with van der Waals surface area (Å²) in [5, 5.41) is 12.7. The fourth-order valence-corrected chi connectivity index (χ4v) is 4.08. The molecule has 0 atom stereocenters. The maximum absolute atomic E-state index is 12.0. The number of nitrogens with zero attached hydrogens (tertiary/aromatic N) is 3. The zero-order valence-electron chi connectivity index (χ0n) is 14.9. The van der Waals surface area contributed by atoms with Crippen LogP contribution in [0.3, 0.4) is 0 Å². The van der Waals surface area contributed by atoms with Crippen molar-refractivity contribution in [2.45, 2.75) is 63.1 Å². The van der Waals surface area contributed by atoms with E-state index in [1.807, 2.05) is 32.0 Å². The highest BCUT2D eigenvalue weighted by Crippen LogP contribution is 2.34. The summed E-state index contributed by atoms with van der Waals surface area (Å²) < 4.78 is 2.14. The van der Waals surface area contributed by atoms with E-state index >= 15 is 0 Å². The molecule has 2 aromatic rings. The number of benzene rings is 1. The highest BCUT2D eigenvalue weighted by atomic mass is 32.2. The molecule has 0 bridgehead atoms. The van der Waals surface area contributed by atoms with Crippen LogP contribution in [0.5, 0.6) is 0 Å². The monoisotopic (exact) mass is 358 g/mol. The van der Waals surface area contributed by atoms with E-state index in [9.17, 15) is 4.79 Å². The van der Waals surface area contributed by atoms with Gasteiger partial charge in [-0.05, 0) is 38.8 Å². The first kappa shape index (κ1) is 18.0. The van der Waals surface area contributed by atoms with Crippen molar-refractivity contribution >= 4 is 17.7 Å². The van der Waals surface area contributed by atoms with Gasteiger partial charge in [-0.1, -0.05) is 49.2 Å². The Bertz CT molecular complexity index is 693. The van der Waals surface area contributed by atoms with Gasteiger partial charge in [0.1, 0.15) is 5.82 Å². The lowest BCUT2D eigenvalue weighted by molar-refractivity contribution is -0.119. The largest absolute Gasteiger partial charge is 0.353 e. The Hall–Kier alpha value is -1.82. The number of rotatable bonds is 6. The summed E-state index contributed by atoms with van der Waals surface area (Å²) in [5.74, 6) is 1.88. The summed E-state index contributed by atoms with van der Waals surface area (Å²) in [4.78, 5) is 12.0. The highest BCUT2D eigenvalue weighted by molar-refractivity contribution is 7.99. The molecule has 3 rings (SSSR count). The van der Waals surface area contributed by atoms with Crippen LogP contribution < -0.4 is 5.32 Å². The average Bonchev–Trinajstić information content (AvgIpc) is 3.05. The molecule has 0 saturated heterocycles. The number of carbonyl (C=O) groups is 1. The minimum absolute atomic E-state index is 0.0295. The SMILES string of the molecule is CC(C)NC(=O)CSc1nnc(C2CCCCC2)n1-c1ccccc1. The van der Waals surface area contributed by atoms with Gasteiger partial charge >= 0.3 is 0 Å². The van der Waals surface area contributed by atoms with Crippen LogP contribution in [0, 0.1) is 0 Å². The molecule has 0 spiro atoms. The van der Waals surface area contributed by atoms with Crippen LogP contribution in [0.1, 0.15) is 57.7 Å². The van der Waals surface area contributed by atoms with Gasteiger partial charge in [-0.3, -0.25) is 9.36 Å². The van der Waals surface area contributed by atoms with Gasteiger partial charge in [-0.15, -0.1) is 10.2 Å². The molecule has 0 radical (unpaired) electrons. The van der Waals surface area contributed by atoms with Crippen LogP contribution in [-0.4, -0.2) is 32.5 Å². The number of thioether (sulfide) groups is 1. The highest BCUT2D eigenvalue weighted by Gasteiger charge is 2.24. The van der Waals surface area contributed by atoms with Crippen molar-refractivity contribution < 1.29 is 4.79 Å². The summed E-state index contributed by atoms with van der Waals surface area (Å²) in [7, 11) is 0. The van der Waals surface area contributed by atoms with Crippen LogP contribution in [0.15, 0.2) is 35.5 Å². The van der Waals surface area contributed by atoms with E-state index in [1.54, 1.807) is 0 Å². The Balaban J connectivity index is 1.85. The average molecular weight is 359 g/mol. The number of para-hydroxylation sites is 1. The molecule has 0 aliphatic heterocycles. The van der Waals surface area contributed by atoms with Gasteiger partial charge in [0, 0.05) is 17.6 Å². The van der Waals surface area contributed by atoms with Crippen LogP contribution in [-0.2, 0) is 4.79 Å². The topological polar surface area (TPSA) is 59.8 Å². The predicted octanol–water partition coefficient (Wildman–Crippen LogP) is 3.93. The van der Waals surface area contributed by atoms with Crippen molar-refractivity contribution in [3.8, 4) is 5.69 Å². The van der Waals surface area contributed by atoms with E-state index in [2.05, 4.69) is 32.2 Å². The maximum Gasteiger partial charge on any atom is 0.230 e. The minimum Gasteiger partial charge on any atom is -0.353 e. The first-order valence-corrected chi connectivity index (χ1v) is 10.1. The van der Waals surface area contributed by atoms with Crippen molar-refractivity contribution in [2.75, 3.05) is 5.75 Å². The summed E-state index contributed by atoms with van der Waals surface area (Å²) in [5.41, 5.74) is 1.07. The lowest BCUT2D eigenvalue weighted by Gasteiger charge is -2.22. The van der Waals surface area contributed by atoms with E-state index in [4.69, 9.17) is 0 Å². The second-order valence-corrected chi connectivity index (χ2v) is 7.80. The van der Waals surface area contributed by atoms with Gasteiger partial charge in [0.2, 0.25) is 5.91 Å². The Labute approximate surface area is 153 Å². The molecule has 1 saturated carbocycles. The third-order valence-corrected chi connectivity index (χ3v) is 5.35. The normalized spacial score (nSPS) is 15.5. The summed E-state index contributed by atoms with van der Waals surface area (Å²) >= 11 is 1.45. The van der Waals surface area contributed by atoms with Crippen LogP contribution >= 0.6 is 11.8 Å². The van der Waals surface area contributed by atoms with Gasteiger partial charge in [0.25, 0.3) is 0 Å². The number of hydrogen-bond donors (Lipinski definition) is 1. The van der Waals surface area contributed by atoms with Gasteiger partial charge in [0.15, 0.2) is 5.16 Å². The van der Waals surface area contributed by atoms with Crippen LogP contribution in [0.2, 0.25) is 0 Å². The van der Waals surface area contributed by atoms with Crippen LogP contribution in [0.4, 0.5) is 0 Å². The minimum atomic E-state index is 0.0295.